The summed E-state index contributed by atoms with van der Waals surface area (Å²) in [4.78, 5) is 40.9. The summed E-state index contributed by atoms with van der Waals surface area (Å²) in [5.74, 6) is -1.19. The van der Waals surface area contributed by atoms with Crippen LogP contribution in [0.25, 0.3) is 0 Å². The fourth-order valence-electron chi connectivity index (χ4n) is 3.75. The molecule has 2 amide bonds. The average molecular weight is 501 g/mol. The van der Waals surface area contributed by atoms with E-state index in [-0.39, 0.29) is 38.8 Å². The molecule has 0 aliphatic carbocycles. The van der Waals surface area contributed by atoms with Gasteiger partial charge in [0.05, 0.1) is 21.9 Å². The molecule has 34 heavy (non-hydrogen) atoms. The fraction of sp³-hybridized carbons (Fsp3) is 0.227. The van der Waals surface area contributed by atoms with Crippen molar-refractivity contribution in [2.75, 3.05) is 16.8 Å². The van der Waals surface area contributed by atoms with Gasteiger partial charge in [-0.2, -0.15) is 0 Å². The van der Waals surface area contributed by atoms with Gasteiger partial charge in [-0.05, 0) is 49.2 Å². The number of aryl methyl sites for hydroxylation is 2. The van der Waals surface area contributed by atoms with Gasteiger partial charge in [-0.15, -0.1) is 0 Å². The summed E-state index contributed by atoms with van der Waals surface area (Å²) in [6.45, 7) is 4.09. The summed E-state index contributed by atoms with van der Waals surface area (Å²) in [6, 6.07) is 10.3. The van der Waals surface area contributed by atoms with Crippen molar-refractivity contribution in [1.29, 1.82) is 0 Å². The molecule has 1 N–H and O–H groups in total. The zero-order valence-electron chi connectivity index (χ0n) is 18.2. The number of benzene rings is 2. The van der Waals surface area contributed by atoms with Crippen molar-refractivity contribution in [1.82, 2.24) is 4.98 Å². The lowest BCUT2D eigenvalue weighted by atomic mass is 10.1. The smallest absolute Gasteiger partial charge is 0.269 e. The van der Waals surface area contributed by atoms with Crippen molar-refractivity contribution < 1.29 is 22.9 Å². The second-order valence-electron chi connectivity index (χ2n) is 7.98. The molecule has 0 bridgehead atoms. The lowest BCUT2D eigenvalue weighted by molar-refractivity contribution is -0.384. The van der Waals surface area contributed by atoms with Crippen LogP contribution in [0.2, 0.25) is 0 Å². The van der Waals surface area contributed by atoms with E-state index < -0.39 is 26.6 Å². The van der Waals surface area contributed by atoms with E-state index in [1.165, 1.54) is 0 Å². The van der Waals surface area contributed by atoms with Gasteiger partial charge in [0.2, 0.25) is 21.7 Å². The van der Waals surface area contributed by atoms with E-state index >= 15 is 0 Å². The molecule has 2 heterocycles. The van der Waals surface area contributed by atoms with Gasteiger partial charge in [0, 0.05) is 30.8 Å². The maximum Gasteiger partial charge on any atom is 0.269 e. The Hall–Kier alpha value is -3.64. The number of hydrogen-bond acceptors (Lipinski definition) is 8. The standard InChI is InChI=1S/C22H20N4O6S2/c1-13-7-14(2)9-17(8-13)25-12-15(10-19(25)27)21(28)24-22-23-11-20(33-22)34(31,32)18-5-3-16(4-6-18)26(29)30/h3-9,11,15H,10,12H2,1-2H3,(H,23,24,28)/t15-/m1/s1. The molecule has 176 valence electrons. The average Bonchev–Trinajstić information content (AvgIpc) is 3.40. The first-order chi connectivity index (χ1) is 16.0. The molecule has 12 heteroatoms. The number of nitrogens with zero attached hydrogens (tertiary/aromatic N) is 3. The minimum Gasteiger partial charge on any atom is -0.312 e. The number of nitro benzene ring substituents is 1. The van der Waals surface area contributed by atoms with Gasteiger partial charge in [-0.3, -0.25) is 19.7 Å². The van der Waals surface area contributed by atoms with E-state index in [1.54, 1.807) is 4.90 Å². The molecule has 3 aromatic rings. The summed E-state index contributed by atoms with van der Waals surface area (Å²) in [7, 11) is -3.96. The van der Waals surface area contributed by atoms with E-state index in [2.05, 4.69) is 10.3 Å². The normalized spacial score (nSPS) is 16.0. The fourth-order valence-corrected chi connectivity index (χ4v) is 6.19. The van der Waals surface area contributed by atoms with Gasteiger partial charge < -0.3 is 10.2 Å². The maximum absolute atomic E-state index is 12.8. The number of nitrogens with one attached hydrogen (secondary N) is 1. The number of nitro groups is 1. The first kappa shape index (κ1) is 23.5. The number of amides is 2. The van der Waals surface area contributed by atoms with Crippen LogP contribution in [0, 0.1) is 29.9 Å². The number of carbonyl (C=O) groups is 2. The van der Waals surface area contributed by atoms with Crippen molar-refractivity contribution in [3.8, 4) is 0 Å². The molecular formula is C22H20N4O6S2. The van der Waals surface area contributed by atoms with Crippen molar-refractivity contribution in [2.24, 2.45) is 5.92 Å². The van der Waals surface area contributed by atoms with E-state index in [1.807, 2.05) is 32.0 Å². The summed E-state index contributed by atoms with van der Waals surface area (Å²) in [6.07, 6.45) is 1.16. The molecule has 1 atom stereocenters. The summed E-state index contributed by atoms with van der Waals surface area (Å²) in [5, 5.41) is 13.5. The third-order valence-corrected chi connectivity index (χ3v) is 8.49. The Morgan fingerprint density at radius 3 is 2.44 bits per heavy atom. The molecular weight excluding hydrogens is 480 g/mol. The maximum atomic E-state index is 12.8. The van der Waals surface area contributed by atoms with Crippen LogP contribution in [0.5, 0.6) is 0 Å². The SMILES string of the molecule is Cc1cc(C)cc(N2C[C@H](C(=O)Nc3ncc(S(=O)(=O)c4ccc([N+](=O)[O-])cc4)s3)CC2=O)c1. The first-order valence-electron chi connectivity index (χ1n) is 10.2. The van der Waals surface area contributed by atoms with Crippen LogP contribution in [-0.2, 0) is 19.4 Å². The molecule has 1 fully saturated rings. The number of anilines is 2. The highest BCUT2D eigenvalue weighted by atomic mass is 32.2. The van der Waals surface area contributed by atoms with Crippen LogP contribution >= 0.6 is 11.3 Å². The highest BCUT2D eigenvalue weighted by Gasteiger charge is 2.35. The zero-order valence-corrected chi connectivity index (χ0v) is 19.9. The van der Waals surface area contributed by atoms with Crippen LogP contribution in [0.4, 0.5) is 16.5 Å². The molecule has 1 aromatic heterocycles. The van der Waals surface area contributed by atoms with Crippen LogP contribution in [0.1, 0.15) is 17.5 Å². The number of aromatic nitrogens is 1. The number of rotatable bonds is 6. The van der Waals surface area contributed by atoms with Gasteiger partial charge in [-0.1, -0.05) is 17.4 Å². The Morgan fingerprint density at radius 2 is 1.82 bits per heavy atom. The van der Waals surface area contributed by atoms with Crippen LogP contribution in [0.15, 0.2) is 57.8 Å². The number of sulfone groups is 1. The summed E-state index contributed by atoms with van der Waals surface area (Å²) in [5.41, 5.74) is 2.54. The van der Waals surface area contributed by atoms with Crippen LogP contribution in [0.3, 0.4) is 0 Å². The Bertz CT molecular complexity index is 1380. The number of hydrogen-bond donors (Lipinski definition) is 1. The molecule has 0 saturated carbocycles. The molecule has 0 spiro atoms. The van der Waals surface area contributed by atoms with E-state index in [9.17, 15) is 28.1 Å². The Kier molecular flexibility index (Phi) is 6.19. The molecule has 10 nitrogen and oxygen atoms in total. The molecule has 1 saturated heterocycles. The van der Waals surface area contributed by atoms with Gasteiger partial charge in [0.25, 0.3) is 5.69 Å². The molecule has 0 radical (unpaired) electrons. The van der Waals surface area contributed by atoms with Gasteiger partial charge in [-0.25, -0.2) is 13.4 Å². The van der Waals surface area contributed by atoms with Gasteiger partial charge in [0.1, 0.15) is 4.21 Å². The number of carbonyl (C=O) groups excluding carboxylic acids is 2. The van der Waals surface area contributed by atoms with E-state index in [0.29, 0.717) is 0 Å². The summed E-state index contributed by atoms with van der Waals surface area (Å²) < 4.78 is 25.5. The second-order valence-corrected chi connectivity index (χ2v) is 11.2. The molecule has 0 unspecified atom stereocenters. The van der Waals surface area contributed by atoms with Crippen LogP contribution < -0.4 is 10.2 Å². The van der Waals surface area contributed by atoms with Crippen molar-refractivity contribution in [2.45, 2.75) is 29.4 Å². The topological polar surface area (TPSA) is 140 Å². The molecule has 1 aliphatic heterocycles. The lowest BCUT2D eigenvalue weighted by Gasteiger charge is -2.18. The van der Waals surface area contributed by atoms with Crippen molar-refractivity contribution in [3.63, 3.8) is 0 Å². The zero-order chi connectivity index (χ0) is 24.6. The van der Waals surface area contributed by atoms with E-state index in [0.717, 1.165) is 58.6 Å². The van der Waals surface area contributed by atoms with E-state index in [4.69, 9.17) is 0 Å². The Morgan fingerprint density at radius 1 is 1.18 bits per heavy atom. The highest BCUT2D eigenvalue weighted by molar-refractivity contribution is 7.93. The van der Waals surface area contributed by atoms with Crippen molar-refractivity contribution >= 4 is 49.5 Å². The Balaban J connectivity index is 1.46. The summed E-state index contributed by atoms with van der Waals surface area (Å²) >= 11 is 0.771. The molecule has 1 aliphatic rings. The molecule has 4 rings (SSSR count). The first-order valence-corrected chi connectivity index (χ1v) is 12.5. The van der Waals surface area contributed by atoms with Gasteiger partial charge in [0.15, 0.2) is 5.13 Å². The predicted molar refractivity (Wildman–Crippen MR) is 126 cm³/mol. The quantitative estimate of drug-likeness (QED) is 0.404. The van der Waals surface area contributed by atoms with Crippen LogP contribution in [-0.4, -0.2) is 36.7 Å². The second kappa shape index (κ2) is 8.95. The minimum atomic E-state index is -3.96. The number of non-ortho nitro benzene ring substituents is 1. The lowest BCUT2D eigenvalue weighted by Crippen LogP contribution is -2.28. The van der Waals surface area contributed by atoms with Gasteiger partial charge >= 0.3 is 0 Å². The minimum absolute atomic E-state index is 0.0398. The third-order valence-electron chi connectivity index (χ3n) is 5.35. The largest absolute Gasteiger partial charge is 0.312 e. The Labute approximate surface area is 199 Å². The van der Waals surface area contributed by atoms with Crippen molar-refractivity contribution in [3.05, 3.63) is 69.9 Å². The predicted octanol–water partition coefficient (Wildman–Crippen LogP) is 3.49. The molecule has 2 aromatic carbocycles. The number of thiazole rings is 1. The highest BCUT2D eigenvalue weighted by Crippen LogP contribution is 2.31. The monoisotopic (exact) mass is 500 g/mol. The third kappa shape index (κ3) is 4.68.